The van der Waals surface area contributed by atoms with Gasteiger partial charge in [-0.1, -0.05) is 0 Å². The summed E-state index contributed by atoms with van der Waals surface area (Å²) in [6, 6.07) is 8.44. The second-order valence-corrected chi connectivity index (χ2v) is 10.1. The number of nitrogens with zero attached hydrogens (tertiary/aromatic N) is 4. The van der Waals surface area contributed by atoms with Crippen LogP contribution < -0.4 is 28.4 Å². The molecule has 2 aromatic heterocycles. The van der Waals surface area contributed by atoms with E-state index in [9.17, 15) is 0 Å². The third kappa shape index (κ3) is 4.65. The predicted molar refractivity (Wildman–Crippen MR) is 156 cm³/mol. The molecular weight excluding hydrogens is 512 g/mol. The maximum Gasteiger partial charge on any atom is 0.204 e. The van der Waals surface area contributed by atoms with Gasteiger partial charge in [-0.2, -0.15) is 0 Å². The average molecular weight is 553 g/mol. The molecule has 0 N–H and O–H groups in total. The van der Waals surface area contributed by atoms with Crippen LogP contribution in [0.25, 0.3) is 21.8 Å². The van der Waals surface area contributed by atoms with E-state index in [1.807, 2.05) is 12.1 Å². The van der Waals surface area contributed by atoms with E-state index in [2.05, 4.69) is 45.2 Å². The quantitative estimate of drug-likeness (QED) is 0.292. The first-order valence-electron chi connectivity index (χ1n) is 13.4. The van der Waals surface area contributed by atoms with Crippen LogP contribution in [-0.4, -0.2) is 87.8 Å². The van der Waals surface area contributed by atoms with E-state index in [1.165, 1.54) is 11.4 Å². The number of ether oxygens (including phenoxy) is 6. The molecular formula is C30H40N4O6. The fraction of sp³-hybridized carbons (Fsp3) is 0.467. The van der Waals surface area contributed by atoms with E-state index >= 15 is 0 Å². The Morgan fingerprint density at radius 1 is 0.500 bits per heavy atom. The van der Waals surface area contributed by atoms with E-state index < -0.39 is 0 Å². The van der Waals surface area contributed by atoms with Crippen molar-refractivity contribution in [1.29, 1.82) is 0 Å². The molecule has 2 aromatic carbocycles. The van der Waals surface area contributed by atoms with Crippen molar-refractivity contribution in [2.75, 3.05) is 68.8 Å². The molecule has 0 atom stereocenters. The van der Waals surface area contributed by atoms with Crippen molar-refractivity contribution in [2.24, 2.45) is 14.1 Å². The van der Waals surface area contributed by atoms with Gasteiger partial charge in [0.2, 0.25) is 11.5 Å². The van der Waals surface area contributed by atoms with Crippen molar-refractivity contribution in [1.82, 2.24) is 18.9 Å². The summed E-state index contributed by atoms with van der Waals surface area (Å²) in [6.45, 7) is 5.66. The Balaban J connectivity index is 1.31. The summed E-state index contributed by atoms with van der Waals surface area (Å²) in [5, 5.41) is 2.05. The SMILES string of the molecule is COc1cc2c(cc(CN3CCN(Cc4cc5c(OC)c(OC)c(OC)cc5n4C)CC3)n2C)c(OC)c1OC. The minimum atomic E-state index is 0.617. The molecule has 1 aliphatic rings. The van der Waals surface area contributed by atoms with Gasteiger partial charge in [-0.05, 0) is 12.1 Å². The average Bonchev–Trinajstić information content (AvgIpc) is 3.46. The smallest absolute Gasteiger partial charge is 0.204 e. The summed E-state index contributed by atoms with van der Waals surface area (Å²) in [5.41, 5.74) is 4.56. The Bertz CT molecular complexity index is 1400. The molecule has 0 unspecified atom stereocenters. The molecule has 10 nitrogen and oxygen atoms in total. The van der Waals surface area contributed by atoms with Crippen LogP contribution in [0, 0.1) is 0 Å². The summed E-state index contributed by atoms with van der Waals surface area (Å²) in [4.78, 5) is 5.01. The summed E-state index contributed by atoms with van der Waals surface area (Å²) < 4.78 is 38.2. The first kappa shape index (κ1) is 27.8. The number of aromatic nitrogens is 2. The second-order valence-electron chi connectivity index (χ2n) is 10.1. The van der Waals surface area contributed by atoms with Gasteiger partial charge < -0.3 is 37.6 Å². The number of hydrogen-bond acceptors (Lipinski definition) is 8. The molecule has 3 heterocycles. The highest BCUT2D eigenvalue weighted by molar-refractivity contribution is 5.93. The number of aryl methyl sites for hydroxylation is 2. The first-order valence-corrected chi connectivity index (χ1v) is 13.4. The molecule has 5 rings (SSSR count). The van der Waals surface area contributed by atoms with Gasteiger partial charge in [0.05, 0.1) is 53.7 Å². The molecule has 1 aliphatic heterocycles. The lowest BCUT2D eigenvalue weighted by Gasteiger charge is -2.34. The Hall–Kier alpha value is -3.76. The summed E-state index contributed by atoms with van der Waals surface area (Å²) >= 11 is 0. The van der Waals surface area contributed by atoms with Crippen LogP contribution in [0.15, 0.2) is 24.3 Å². The van der Waals surface area contributed by atoms with Crippen LogP contribution >= 0.6 is 0 Å². The Morgan fingerprint density at radius 2 is 0.850 bits per heavy atom. The molecule has 0 bridgehead atoms. The molecule has 1 saturated heterocycles. The van der Waals surface area contributed by atoms with Gasteiger partial charge in [0.1, 0.15) is 0 Å². The molecule has 0 amide bonds. The Morgan fingerprint density at radius 3 is 1.15 bits per heavy atom. The second kappa shape index (κ2) is 11.4. The first-order chi connectivity index (χ1) is 19.4. The number of piperazine rings is 1. The molecule has 0 saturated carbocycles. The molecule has 4 aromatic rings. The number of methoxy groups -OCH3 is 6. The van der Waals surface area contributed by atoms with Crippen molar-refractivity contribution in [2.45, 2.75) is 13.1 Å². The standard InChI is InChI=1S/C30H40N4O6/c1-31-19(13-21-23(31)15-25(35-3)29(39-7)27(21)37-5)17-33-9-11-34(12-10-33)18-20-14-22-24(32(20)2)16-26(36-4)30(40-8)28(22)38-6/h13-16H,9-12,17-18H2,1-8H3. The lowest BCUT2D eigenvalue weighted by Crippen LogP contribution is -2.45. The molecule has 1 fully saturated rings. The van der Waals surface area contributed by atoms with Gasteiger partial charge in [0, 0.05) is 87.7 Å². The van der Waals surface area contributed by atoms with Crippen LogP contribution in [0.3, 0.4) is 0 Å². The van der Waals surface area contributed by atoms with Crippen LogP contribution in [0.5, 0.6) is 34.5 Å². The fourth-order valence-electron chi connectivity index (χ4n) is 5.87. The van der Waals surface area contributed by atoms with Gasteiger partial charge in [0.15, 0.2) is 23.0 Å². The van der Waals surface area contributed by atoms with Crippen LogP contribution in [-0.2, 0) is 27.2 Å². The van der Waals surface area contributed by atoms with Crippen molar-refractivity contribution in [3.05, 3.63) is 35.7 Å². The third-order valence-corrected chi connectivity index (χ3v) is 8.14. The number of hydrogen-bond donors (Lipinski definition) is 0. The number of benzene rings is 2. The van der Waals surface area contributed by atoms with Crippen molar-refractivity contribution >= 4 is 21.8 Å². The molecule has 0 spiro atoms. The van der Waals surface area contributed by atoms with Crippen LogP contribution in [0.1, 0.15) is 11.4 Å². The van der Waals surface area contributed by atoms with Gasteiger partial charge in [-0.3, -0.25) is 9.80 Å². The number of fused-ring (bicyclic) bond motifs is 2. The third-order valence-electron chi connectivity index (χ3n) is 8.14. The lowest BCUT2D eigenvalue weighted by atomic mass is 10.2. The zero-order valence-corrected chi connectivity index (χ0v) is 24.8. The topological polar surface area (TPSA) is 71.7 Å². The van der Waals surface area contributed by atoms with Gasteiger partial charge in [-0.25, -0.2) is 0 Å². The minimum Gasteiger partial charge on any atom is -0.493 e. The zero-order chi connectivity index (χ0) is 28.6. The van der Waals surface area contributed by atoms with Crippen molar-refractivity contribution in [3.63, 3.8) is 0 Å². The molecule has 0 radical (unpaired) electrons. The highest BCUT2D eigenvalue weighted by atomic mass is 16.5. The minimum absolute atomic E-state index is 0.617. The Kier molecular flexibility index (Phi) is 7.91. The monoisotopic (exact) mass is 552 g/mol. The maximum absolute atomic E-state index is 5.73. The van der Waals surface area contributed by atoms with Crippen molar-refractivity contribution in [3.8, 4) is 34.5 Å². The Labute approximate surface area is 235 Å². The highest BCUT2D eigenvalue weighted by Crippen LogP contribution is 2.45. The van der Waals surface area contributed by atoms with Crippen LogP contribution in [0.4, 0.5) is 0 Å². The predicted octanol–water partition coefficient (Wildman–Crippen LogP) is 4.04. The zero-order valence-electron chi connectivity index (χ0n) is 24.8. The van der Waals surface area contributed by atoms with Gasteiger partial charge in [0.25, 0.3) is 0 Å². The largest absolute Gasteiger partial charge is 0.493 e. The fourth-order valence-corrected chi connectivity index (χ4v) is 5.87. The molecule has 216 valence electrons. The van der Waals surface area contributed by atoms with Gasteiger partial charge >= 0.3 is 0 Å². The van der Waals surface area contributed by atoms with Gasteiger partial charge in [-0.15, -0.1) is 0 Å². The molecule has 40 heavy (non-hydrogen) atoms. The normalized spacial score (nSPS) is 14.6. The van der Waals surface area contributed by atoms with E-state index in [4.69, 9.17) is 28.4 Å². The highest BCUT2D eigenvalue weighted by Gasteiger charge is 2.24. The summed E-state index contributed by atoms with van der Waals surface area (Å²) in [6.07, 6.45) is 0. The number of rotatable bonds is 10. The van der Waals surface area contributed by atoms with E-state index in [0.29, 0.717) is 34.5 Å². The van der Waals surface area contributed by atoms with E-state index in [1.54, 1.807) is 42.7 Å². The molecule has 10 heteroatoms. The molecule has 0 aliphatic carbocycles. The summed E-state index contributed by atoms with van der Waals surface area (Å²) in [7, 11) is 14.1. The summed E-state index contributed by atoms with van der Waals surface area (Å²) in [5.74, 6) is 3.96. The van der Waals surface area contributed by atoms with Crippen LogP contribution in [0.2, 0.25) is 0 Å². The van der Waals surface area contributed by atoms with Crippen molar-refractivity contribution < 1.29 is 28.4 Å². The van der Waals surface area contributed by atoms with E-state index in [-0.39, 0.29) is 0 Å². The maximum atomic E-state index is 5.73. The van der Waals surface area contributed by atoms with E-state index in [0.717, 1.165) is 61.1 Å². The lowest BCUT2D eigenvalue weighted by molar-refractivity contribution is 0.119.